The van der Waals surface area contributed by atoms with Crippen molar-refractivity contribution in [1.29, 1.82) is 0 Å². The van der Waals surface area contributed by atoms with Crippen LogP contribution in [0.15, 0.2) is 30.3 Å². The number of carbonyl (C=O) groups is 1. The topological polar surface area (TPSA) is 67.3 Å². The zero-order valence-electron chi connectivity index (χ0n) is 16.6. The summed E-state index contributed by atoms with van der Waals surface area (Å²) in [5.41, 5.74) is 3.20. The molecular weight excluding hydrogens is 340 g/mol. The predicted molar refractivity (Wildman–Crippen MR) is 105 cm³/mol. The van der Waals surface area contributed by atoms with E-state index in [-0.39, 0.29) is 17.9 Å². The van der Waals surface area contributed by atoms with Crippen LogP contribution in [0.25, 0.3) is 0 Å². The number of ether oxygens (including phenoxy) is 1. The van der Waals surface area contributed by atoms with Crippen molar-refractivity contribution in [2.45, 2.75) is 45.8 Å². The lowest BCUT2D eigenvalue weighted by Gasteiger charge is -2.29. The zero-order valence-corrected chi connectivity index (χ0v) is 16.6. The smallest absolute Gasteiger partial charge is 0.242 e. The van der Waals surface area contributed by atoms with E-state index in [2.05, 4.69) is 54.3 Å². The highest BCUT2D eigenvalue weighted by Gasteiger charge is 2.22. The Morgan fingerprint density at radius 2 is 1.96 bits per heavy atom. The van der Waals surface area contributed by atoms with E-state index in [0.29, 0.717) is 19.0 Å². The molecule has 0 radical (unpaired) electrons. The number of nitrogens with one attached hydrogen (secondary N) is 1. The van der Waals surface area contributed by atoms with Crippen molar-refractivity contribution >= 4 is 11.7 Å². The Morgan fingerprint density at radius 3 is 2.67 bits per heavy atom. The summed E-state index contributed by atoms with van der Waals surface area (Å²) >= 11 is 0. The summed E-state index contributed by atoms with van der Waals surface area (Å²) in [6.45, 7) is 8.26. The number of nitrogens with zero attached hydrogens (tertiary/aromatic N) is 3. The molecule has 1 aliphatic rings. The van der Waals surface area contributed by atoms with Gasteiger partial charge in [-0.05, 0) is 17.5 Å². The maximum atomic E-state index is 12.7. The number of aromatic nitrogens is 2. The lowest BCUT2D eigenvalue weighted by Crippen LogP contribution is -2.39. The van der Waals surface area contributed by atoms with E-state index in [1.165, 1.54) is 11.1 Å². The molecule has 0 aliphatic carbocycles. The van der Waals surface area contributed by atoms with Crippen LogP contribution in [0.4, 0.5) is 5.82 Å². The molecule has 1 aliphatic heterocycles. The van der Waals surface area contributed by atoms with Crippen molar-refractivity contribution < 1.29 is 9.53 Å². The second kappa shape index (κ2) is 8.05. The van der Waals surface area contributed by atoms with Crippen molar-refractivity contribution in [3.8, 4) is 0 Å². The van der Waals surface area contributed by atoms with Crippen LogP contribution in [-0.4, -0.2) is 41.0 Å². The van der Waals surface area contributed by atoms with Gasteiger partial charge in [0.25, 0.3) is 0 Å². The first kappa shape index (κ1) is 19.3. The number of anilines is 1. The van der Waals surface area contributed by atoms with Gasteiger partial charge in [-0.1, -0.05) is 45.0 Å². The van der Waals surface area contributed by atoms with Crippen molar-refractivity contribution in [2.24, 2.45) is 0 Å². The van der Waals surface area contributed by atoms with Crippen LogP contribution < -0.4 is 5.32 Å². The highest BCUT2D eigenvalue weighted by Crippen LogP contribution is 2.21. The fourth-order valence-electron chi connectivity index (χ4n) is 3.13. The first-order valence-electron chi connectivity index (χ1n) is 9.32. The largest absolute Gasteiger partial charge is 0.378 e. The molecule has 1 amide bonds. The highest BCUT2D eigenvalue weighted by molar-refractivity contribution is 5.80. The van der Waals surface area contributed by atoms with Gasteiger partial charge in [-0.15, -0.1) is 0 Å². The standard InChI is InChI=1S/C21H28N4O2/c1-21(2,3)20-23-17(14-27-4)11-18(24-20)22-12-19(26)25-10-9-15-7-5-6-8-16(15)13-25/h5-8,11H,9-10,12-14H2,1-4H3,(H,22,23,24). The first-order valence-corrected chi connectivity index (χ1v) is 9.32. The van der Waals surface area contributed by atoms with Crippen molar-refractivity contribution in [1.82, 2.24) is 14.9 Å². The average Bonchev–Trinajstić information content (AvgIpc) is 2.65. The Kier molecular flexibility index (Phi) is 5.75. The number of rotatable bonds is 5. The molecule has 0 atom stereocenters. The number of fused-ring (bicyclic) bond motifs is 1. The predicted octanol–water partition coefficient (Wildman–Crippen LogP) is 2.92. The Bertz CT molecular complexity index is 814. The molecule has 144 valence electrons. The number of benzene rings is 1. The molecule has 0 fully saturated rings. The molecule has 1 aromatic heterocycles. The molecule has 1 aromatic carbocycles. The van der Waals surface area contributed by atoms with Gasteiger partial charge in [-0.25, -0.2) is 9.97 Å². The molecular formula is C21H28N4O2. The number of methoxy groups -OCH3 is 1. The van der Waals surface area contributed by atoms with Gasteiger partial charge >= 0.3 is 0 Å². The van der Waals surface area contributed by atoms with Crippen LogP contribution in [-0.2, 0) is 34.5 Å². The summed E-state index contributed by atoms with van der Waals surface area (Å²) < 4.78 is 5.21. The average molecular weight is 368 g/mol. The lowest BCUT2D eigenvalue weighted by molar-refractivity contribution is -0.130. The summed E-state index contributed by atoms with van der Waals surface area (Å²) in [7, 11) is 1.64. The van der Waals surface area contributed by atoms with E-state index >= 15 is 0 Å². The van der Waals surface area contributed by atoms with E-state index in [1.807, 2.05) is 17.0 Å². The van der Waals surface area contributed by atoms with E-state index in [4.69, 9.17) is 4.74 Å². The Morgan fingerprint density at radius 1 is 1.22 bits per heavy atom. The fraction of sp³-hybridized carbons (Fsp3) is 0.476. The molecule has 6 heteroatoms. The van der Waals surface area contributed by atoms with Crippen LogP contribution in [0.5, 0.6) is 0 Å². The number of hydrogen-bond donors (Lipinski definition) is 1. The summed E-state index contributed by atoms with van der Waals surface area (Å²) in [5.74, 6) is 1.47. The Hall–Kier alpha value is -2.47. The summed E-state index contributed by atoms with van der Waals surface area (Å²) in [6.07, 6.45) is 0.904. The Labute approximate surface area is 161 Å². The van der Waals surface area contributed by atoms with Crippen LogP contribution in [0.2, 0.25) is 0 Å². The van der Waals surface area contributed by atoms with Crippen LogP contribution in [0.3, 0.4) is 0 Å². The van der Waals surface area contributed by atoms with Gasteiger partial charge in [-0.2, -0.15) is 0 Å². The number of carbonyl (C=O) groups excluding carboxylic acids is 1. The maximum Gasteiger partial charge on any atom is 0.242 e. The van der Waals surface area contributed by atoms with Crippen LogP contribution in [0.1, 0.15) is 43.4 Å². The van der Waals surface area contributed by atoms with E-state index < -0.39 is 0 Å². The van der Waals surface area contributed by atoms with E-state index in [1.54, 1.807) is 7.11 Å². The molecule has 6 nitrogen and oxygen atoms in total. The summed E-state index contributed by atoms with van der Waals surface area (Å²) in [4.78, 5) is 23.7. The van der Waals surface area contributed by atoms with Crippen LogP contribution in [0, 0.1) is 0 Å². The van der Waals surface area contributed by atoms with E-state index in [9.17, 15) is 4.79 Å². The first-order chi connectivity index (χ1) is 12.9. The second-order valence-corrected chi connectivity index (χ2v) is 7.94. The molecule has 3 rings (SSSR count). The normalized spacial score (nSPS) is 14.0. The highest BCUT2D eigenvalue weighted by atomic mass is 16.5. The molecule has 0 spiro atoms. The van der Waals surface area contributed by atoms with Crippen molar-refractivity contribution in [3.05, 3.63) is 53.0 Å². The minimum Gasteiger partial charge on any atom is -0.378 e. The molecule has 1 N–H and O–H groups in total. The van der Waals surface area contributed by atoms with Crippen molar-refractivity contribution in [3.63, 3.8) is 0 Å². The van der Waals surface area contributed by atoms with E-state index in [0.717, 1.165) is 24.5 Å². The lowest BCUT2D eigenvalue weighted by atomic mass is 9.95. The van der Waals surface area contributed by atoms with Gasteiger partial charge in [0.15, 0.2) is 0 Å². The van der Waals surface area contributed by atoms with Gasteiger partial charge in [0.1, 0.15) is 11.6 Å². The summed E-state index contributed by atoms with van der Waals surface area (Å²) in [5, 5.41) is 3.18. The summed E-state index contributed by atoms with van der Waals surface area (Å²) in [6, 6.07) is 10.2. The third-order valence-corrected chi connectivity index (χ3v) is 4.65. The SMILES string of the molecule is COCc1cc(NCC(=O)N2CCc3ccccc3C2)nc(C(C)(C)C)n1. The van der Waals surface area contributed by atoms with Gasteiger partial charge < -0.3 is 15.0 Å². The van der Waals surface area contributed by atoms with Gasteiger partial charge in [0.05, 0.1) is 18.8 Å². The quantitative estimate of drug-likeness (QED) is 0.879. The van der Waals surface area contributed by atoms with Gasteiger partial charge in [-0.3, -0.25) is 4.79 Å². The molecule has 2 heterocycles. The maximum absolute atomic E-state index is 12.7. The molecule has 27 heavy (non-hydrogen) atoms. The van der Waals surface area contributed by atoms with Gasteiger partial charge in [0, 0.05) is 31.7 Å². The molecule has 0 unspecified atom stereocenters. The monoisotopic (exact) mass is 368 g/mol. The molecule has 0 saturated heterocycles. The van der Waals surface area contributed by atoms with Gasteiger partial charge in [0.2, 0.25) is 5.91 Å². The Balaban J connectivity index is 1.67. The minimum absolute atomic E-state index is 0.0775. The third kappa shape index (κ3) is 4.83. The van der Waals surface area contributed by atoms with Crippen LogP contribution >= 0.6 is 0 Å². The number of amides is 1. The minimum atomic E-state index is -0.180. The second-order valence-electron chi connectivity index (χ2n) is 7.94. The van der Waals surface area contributed by atoms with Crippen molar-refractivity contribution in [2.75, 3.05) is 25.5 Å². The molecule has 0 bridgehead atoms. The third-order valence-electron chi connectivity index (χ3n) is 4.65. The molecule has 2 aromatic rings. The number of hydrogen-bond acceptors (Lipinski definition) is 5. The fourth-order valence-corrected chi connectivity index (χ4v) is 3.13. The zero-order chi connectivity index (χ0) is 19.4. The molecule has 0 saturated carbocycles.